The minimum atomic E-state index is 0.234. The molecule has 0 saturated heterocycles. The van der Waals surface area contributed by atoms with E-state index in [2.05, 4.69) is 29.2 Å². The molecule has 0 aliphatic heterocycles. The van der Waals surface area contributed by atoms with Crippen molar-refractivity contribution >= 4 is 32.6 Å². The maximum Gasteiger partial charge on any atom is 0.142 e. The smallest absolute Gasteiger partial charge is 0.142 e. The highest BCUT2D eigenvalue weighted by Gasteiger charge is 2.13. The van der Waals surface area contributed by atoms with Gasteiger partial charge in [-0.1, -0.05) is 54.6 Å². The van der Waals surface area contributed by atoms with Crippen LogP contribution in [0.1, 0.15) is 0 Å². The summed E-state index contributed by atoms with van der Waals surface area (Å²) >= 11 is 0. The highest BCUT2D eigenvalue weighted by atomic mass is 16.3. The molecule has 0 aliphatic carbocycles. The Bertz CT molecular complexity index is 1170. The van der Waals surface area contributed by atoms with Gasteiger partial charge in [0.1, 0.15) is 11.6 Å². The first-order valence-electron chi connectivity index (χ1n) is 7.89. The average molecular weight is 310 g/mol. The van der Waals surface area contributed by atoms with Crippen molar-refractivity contribution in [3.8, 4) is 17.1 Å². The summed E-state index contributed by atoms with van der Waals surface area (Å²) in [5.41, 5.74) is 2.61. The van der Waals surface area contributed by atoms with Crippen molar-refractivity contribution < 1.29 is 5.11 Å². The summed E-state index contributed by atoms with van der Waals surface area (Å²) in [6.45, 7) is 0. The number of phenolic OH excluding ortho intramolecular Hbond substituents is 1. The van der Waals surface area contributed by atoms with Crippen molar-refractivity contribution in [3.05, 3.63) is 72.8 Å². The predicted octanol–water partition coefficient (Wildman–Crippen LogP) is 5.24. The summed E-state index contributed by atoms with van der Waals surface area (Å²) in [7, 11) is 0. The predicted molar refractivity (Wildman–Crippen MR) is 98.2 cm³/mol. The summed E-state index contributed by atoms with van der Waals surface area (Å²) in [6, 6.07) is 24.1. The molecule has 0 bridgehead atoms. The highest BCUT2D eigenvalue weighted by Crippen LogP contribution is 2.36. The van der Waals surface area contributed by atoms with E-state index in [0.29, 0.717) is 5.82 Å². The summed E-state index contributed by atoms with van der Waals surface area (Å²) in [6.07, 6.45) is 0. The van der Waals surface area contributed by atoms with Gasteiger partial charge in [0.2, 0.25) is 0 Å². The molecule has 0 amide bonds. The van der Waals surface area contributed by atoms with Crippen molar-refractivity contribution in [2.45, 2.75) is 0 Å². The van der Waals surface area contributed by atoms with Crippen molar-refractivity contribution in [1.82, 2.24) is 9.97 Å². The van der Waals surface area contributed by atoms with Gasteiger partial charge in [-0.15, -0.1) is 0 Å². The quantitative estimate of drug-likeness (QED) is 0.445. The van der Waals surface area contributed by atoms with Crippen LogP contribution in [0, 0.1) is 0 Å². The zero-order chi connectivity index (χ0) is 16.1. The number of aromatic amines is 1. The van der Waals surface area contributed by atoms with Crippen molar-refractivity contribution in [2.24, 2.45) is 0 Å². The van der Waals surface area contributed by atoms with E-state index >= 15 is 0 Å². The van der Waals surface area contributed by atoms with E-state index in [1.165, 1.54) is 5.39 Å². The molecule has 0 atom stereocenters. The largest absolute Gasteiger partial charge is 0.507 e. The topological polar surface area (TPSA) is 48.9 Å². The van der Waals surface area contributed by atoms with Gasteiger partial charge >= 0.3 is 0 Å². The van der Waals surface area contributed by atoms with Gasteiger partial charge in [-0.25, -0.2) is 4.98 Å². The van der Waals surface area contributed by atoms with Crippen LogP contribution in [0.2, 0.25) is 0 Å². The van der Waals surface area contributed by atoms with E-state index in [9.17, 15) is 5.11 Å². The number of benzene rings is 4. The van der Waals surface area contributed by atoms with Crippen LogP contribution < -0.4 is 0 Å². The number of H-pyrrole nitrogens is 1. The third-order valence-electron chi connectivity index (χ3n) is 4.49. The van der Waals surface area contributed by atoms with Crippen LogP contribution in [0.15, 0.2) is 72.8 Å². The maximum absolute atomic E-state index is 10.4. The van der Waals surface area contributed by atoms with E-state index in [-0.39, 0.29) is 5.75 Å². The molecule has 114 valence electrons. The normalized spacial score (nSPS) is 11.5. The molecule has 0 saturated carbocycles. The maximum atomic E-state index is 10.4. The lowest BCUT2D eigenvalue weighted by Crippen LogP contribution is -1.84. The fourth-order valence-corrected chi connectivity index (χ4v) is 3.32. The number of rotatable bonds is 1. The van der Waals surface area contributed by atoms with Crippen LogP contribution in [-0.4, -0.2) is 15.1 Å². The fourth-order valence-electron chi connectivity index (χ4n) is 3.32. The molecule has 0 unspecified atom stereocenters. The van der Waals surface area contributed by atoms with E-state index in [1.807, 2.05) is 42.5 Å². The van der Waals surface area contributed by atoms with E-state index in [1.54, 1.807) is 6.07 Å². The number of aromatic nitrogens is 2. The molecule has 0 radical (unpaired) electrons. The van der Waals surface area contributed by atoms with Crippen LogP contribution in [0.5, 0.6) is 5.75 Å². The van der Waals surface area contributed by atoms with E-state index < -0.39 is 0 Å². The Morgan fingerprint density at radius 1 is 0.750 bits per heavy atom. The van der Waals surface area contributed by atoms with Gasteiger partial charge in [-0.05, 0) is 39.7 Å². The lowest BCUT2D eigenvalue weighted by Gasteiger charge is -2.06. The molecule has 5 rings (SSSR count). The zero-order valence-corrected chi connectivity index (χ0v) is 12.8. The van der Waals surface area contributed by atoms with Gasteiger partial charge < -0.3 is 10.1 Å². The lowest BCUT2D eigenvalue weighted by atomic mass is 10.0. The first kappa shape index (κ1) is 13.1. The Balaban J connectivity index is 1.83. The van der Waals surface area contributed by atoms with Crippen LogP contribution in [0.25, 0.3) is 44.0 Å². The second-order valence-corrected chi connectivity index (χ2v) is 5.98. The van der Waals surface area contributed by atoms with E-state index in [0.717, 1.165) is 32.8 Å². The number of hydrogen-bond acceptors (Lipinski definition) is 2. The average Bonchev–Trinajstić information content (AvgIpc) is 3.01. The number of hydrogen-bond donors (Lipinski definition) is 2. The Morgan fingerprint density at radius 2 is 1.46 bits per heavy atom. The number of phenols is 1. The van der Waals surface area contributed by atoms with Crippen LogP contribution in [0.4, 0.5) is 0 Å². The molecule has 1 aromatic heterocycles. The van der Waals surface area contributed by atoms with Gasteiger partial charge in [-0.3, -0.25) is 0 Å². The SMILES string of the molecule is Oc1ccc2ccccc2c1-c1nc2cc3ccccc3cc2[nH]1. The molecule has 2 N–H and O–H groups in total. The second kappa shape index (κ2) is 4.83. The highest BCUT2D eigenvalue weighted by molar-refractivity contribution is 6.01. The van der Waals surface area contributed by atoms with Gasteiger partial charge in [-0.2, -0.15) is 0 Å². The van der Waals surface area contributed by atoms with Crippen molar-refractivity contribution in [2.75, 3.05) is 0 Å². The number of nitrogens with zero attached hydrogens (tertiary/aromatic N) is 1. The summed E-state index contributed by atoms with van der Waals surface area (Å²) < 4.78 is 0. The molecule has 3 nitrogen and oxygen atoms in total. The van der Waals surface area contributed by atoms with Gasteiger partial charge in [0.25, 0.3) is 0 Å². The Kier molecular flexibility index (Phi) is 2.65. The van der Waals surface area contributed by atoms with Crippen molar-refractivity contribution in [3.63, 3.8) is 0 Å². The molecular weight excluding hydrogens is 296 g/mol. The number of fused-ring (bicyclic) bond motifs is 3. The summed E-state index contributed by atoms with van der Waals surface area (Å²) in [5, 5.41) is 14.8. The Labute approximate surface area is 138 Å². The first-order chi connectivity index (χ1) is 11.8. The third-order valence-corrected chi connectivity index (χ3v) is 4.49. The molecule has 0 spiro atoms. The van der Waals surface area contributed by atoms with Crippen molar-refractivity contribution in [1.29, 1.82) is 0 Å². The molecule has 0 fully saturated rings. The minimum absolute atomic E-state index is 0.234. The minimum Gasteiger partial charge on any atom is -0.507 e. The molecule has 3 heteroatoms. The zero-order valence-electron chi connectivity index (χ0n) is 12.8. The van der Waals surface area contributed by atoms with Crippen LogP contribution >= 0.6 is 0 Å². The van der Waals surface area contributed by atoms with Crippen LogP contribution in [-0.2, 0) is 0 Å². The van der Waals surface area contributed by atoms with Gasteiger partial charge in [0, 0.05) is 0 Å². The summed E-state index contributed by atoms with van der Waals surface area (Å²) in [4.78, 5) is 8.09. The number of nitrogens with one attached hydrogen (secondary N) is 1. The molecule has 1 heterocycles. The Morgan fingerprint density at radius 3 is 2.29 bits per heavy atom. The molecule has 24 heavy (non-hydrogen) atoms. The molecule has 0 aliphatic rings. The number of aromatic hydroxyl groups is 1. The third kappa shape index (κ3) is 1.88. The first-order valence-corrected chi connectivity index (χ1v) is 7.89. The van der Waals surface area contributed by atoms with Gasteiger partial charge in [0.15, 0.2) is 0 Å². The van der Waals surface area contributed by atoms with E-state index in [4.69, 9.17) is 4.98 Å². The second-order valence-electron chi connectivity index (χ2n) is 5.98. The monoisotopic (exact) mass is 310 g/mol. The summed E-state index contributed by atoms with van der Waals surface area (Å²) in [5.74, 6) is 0.923. The van der Waals surface area contributed by atoms with Gasteiger partial charge in [0.05, 0.1) is 16.6 Å². The molecular formula is C21H14N2O. The molecule has 5 aromatic rings. The number of imidazole rings is 1. The molecule has 4 aromatic carbocycles. The lowest BCUT2D eigenvalue weighted by molar-refractivity contribution is 0.477. The fraction of sp³-hybridized carbons (Fsp3) is 0. The standard InChI is InChI=1S/C21H14N2O/c24-19-10-9-13-5-3-4-8-16(13)20(19)21-22-17-11-14-6-1-2-7-15(14)12-18(17)23-21/h1-12,24H,(H,22,23). The Hall–Kier alpha value is -3.33. The van der Waals surface area contributed by atoms with Crippen LogP contribution in [0.3, 0.4) is 0 Å².